The van der Waals surface area contributed by atoms with Gasteiger partial charge < -0.3 is 10.3 Å². The first-order valence-electron chi connectivity index (χ1n) is 7.63. The van der Waals surface area contributed by atoms with Crippen LogP contribution in [0.1, 0.15) is 30.8 Å². The number of pyridine rings is 2. The summed E-state index contributed by atoms with van der Waals surface area (Å²) in [6.07, 6.45) is 2.62. The van der Waals surface area contributed by atoms with Crippen molar-refractivity contribution in [2.75, 3.05) is 0 Å². The number of nitrogens with zero attached hydrogens (tertiary/aromatic N) is 1. The van der Waals surface area contributed by atoms with Gasteiger partial charge in [0.2, 0.25) is 0 Å². The Kier molecular flexibility index (Phi) is 4.48. The molecule has 0 bridgehead atoms. The zero-order valence-corrected chi connectivity index (χ0v) is 12.8. The van der Waals surface area contributed by atoms with E-state index >= 15 is 0 Å². The fraction of sp³-hybridized carbons (Fsp3) is 0.222. The van der Waals surface area contributed by atoms with Gasteiger partial charge in [0.15, 0.2) is 5.43 Å². The second-order valence-electron chi connectivity index (χ2n) is 5.42. The highest BCUT2D eigenvalue weighted by atomic mass is 19.1. The molecular formula is C18H18FN3O. The highest BCUT2D eigenvalue weighted by molar-refractivity contribution is 5.78. The quantitative estimate of drug-likeness (QED) is 0.760. The van der Waals surface area contributed by atoms with Gasteiger partial charge >= 0.3 is 0 Å². The molecule has 0 amide bonds. The summed E-state index contributed by atoms with van der Waals surface area (Å²) in [7, 11) is 0. The van der Waals surface area contributed by atoms with Gasteiger partial charge in [0.25, 0.3) is 0 Å². The highest BCUT2D eigenvalue weighted by Crippen LogP contribution is 2.15. The molecule has 3 rings (SSSR count). The van der Waals surface area contributed by atoms with E-state index in [9.17, 15) is 9.18 Å². The van der Waals surface area contributed by atoms with Gasteiger partial charge in [-0.1, -0.05) is 19.1 Å². The summed E-state index contributed by atoms with van der Waals surface area (Å²) >= 11 is 0. The van der Waals surface area contributed by atoms with E-state index in [2.05, 4.69) is 22.2 Å². The van der Waals surface area contributed by atoms with Crippen LogP contribution in [-0.4, -0.2) is 9.97 Å². The molecule has 0 saturated carbocycles. The van der Waals surface area contributed by atoms with Crippen molar-refractivity contribution < 1.29 is 4.39 Å². The first kappa shape index (κ1) is 15.4. The summed E-state index contributed by atoms with van der Waals surface area (Å²) < 4.78 is 13.9. The van der Waals surface area contributed by atoms with Gasteiger partial charge in [-0.3, -0.25) is 9.78 Å². The molecule has 2 aromatic heterocycles. The normalized spacial score (nSPS) is 12.4. The second-order valence-corrected chi connectivity index (χ2v) is 5.42. The van der Waals surface area contributed by atoms with Crippen molar-refractivity contribution in [3.63, 3.8) is 0 Å². The first-order chi connectivity index (χ1) is 11.2. The SMILES string of the molecule is CC[C@H](NCc1cc(=O)c2cccc(F)c2[nH]1)c1ccccn1. The van der Waals surface area contributed by atoms with Crippen LogP contribution in [0.5, 0.6) is 0 Å². The van der Waals surface area contributed by atoms with Gasteiger partial charge in [0.05, 0.1) is 11.2 Å². The Morgan fingerprint density at radius 3 is 2.87 bits per heavy atom. The fourth-order valence-electron chi connectivity index (χ4n) is 2.66. The Balaban J connectivity index is 1.84. The van der Waals surface area contributed by atoms with Gasteiger partial charge in [-0.2, -0.15) is 0 Å². The predicted octanol–water partition coefficient (Wildman–Crippen LogP) is 3.30. The molecule has 0 aliphatic carbocycles. The molecular weight excluding hydrogens is 293 g/mol. The highest BCUT2D eigenvalue weighted by Gasteiger charge is 2.11. The molecule has 5 heteroatoms. The van der Waals surface area contributed by atoms with Crippen LogP contribution in [0.25, 0.3) is 10.9 Å². The molecule has 0 fully saturated rings. The first-order valence-corrected chi connectivity index (χ1v) is 7.63. The Morgan fingerprint density at radius 1 is 1.26 bits per heavy atom. The Bertz CT molecular complexity index is 861. The molecule has 0 saturated heterocycles. The zero-order valence-electron chi connectivity index (χ0n) is 12.8. The summed E-state index contributed by atoms with van der Waals surface area (Å²) in [6.45, 7) is 2.50. The fourth-order valence-corrected chi connectivity index (χ4v) is 2.66. The molecule has 0 aliphatic rings. The lowest BCUT2D eigenvalue weighted by Gasteiger charge is -2.16. The molecule has 1 aromatic carbocycles. The van der Waals surface area contributed by atoms with Crippen LogP contribution in [0.3, 0.4) is 0 Å². The van der Waals surface area contributed by atoms with Crippen molar-refractivity contribution in [2.24, 2.45) is 0 Å². The number of hydrogen-bond donors (Lipinski definition) is 2. The van der Waals surface area contributed by atoms with E-state index in [1.54, 1.807) is 18.3 Å². The van der Waals surface area contributed by atoms with Crippen molar-refractivity contribution in [3.05, 3.63) is 76.1 Å². The van der Waals surface area contributed by atoms with Gasteiger partial charge in [-0.05, 0) is 30.7 Å². The zero-order chi connectivity index (χ0) is 16.2. The lowest BCUT2D eigenvalue weighted by atomic mass is 10.1. The van der Waals surface area contributed by atoms with E-state index < -0.39 is 5.82 Å². The van der Waals surface area contributed by atoms with Crippen LogP contribution in [0.2, 0.25) is 0 Å². The lowest BCUT2D eigenvalue weighted by Crippen LogP contribution is -2.22. The third kappa shape index (κ3) is 3.29. The van der Waals surface area contributed by atoms with Crippen molar-refractivity contribution in [2.45, 2.75) is 25.9 Å². The van der Waals surface area contributed by atoms with Crippen molar-refractivity contribution in [3.8, 4) is 0 Å². The molecule has 0 radical (unpaired) electrons. The average Bonchev–Trinajstić information content (AvgIpc) is 2.57. The maximum Gasteiger partial charge on any atom is 0.189 e. The summed E-state index contributed by atoms with van der Waals surface area (Å²) in [6, 6.07) is 11.9. The minimum atomic E-state index is -0.418. The van der Waals surface area contributed by atoms with Crippen molar-refractivity contribution in [1.82, 2.24) is 15.3 Å². The summed E-state index contributed by atoms with van der Waals surface area (Å²) in [4.78, 5) is 19.5. The van der Waals surface area contributed by atoms with E-state index in [0.717, 1.165) is 12.1 Å². The summed E-state index contributed by atoms with van der Waals surface area (Å²) in [5, 5.41) is 3.72. The number of benzene rings is 1. The molecule has 1 atom stereocenters. The van der Waals surface area contributed by atoms with Gasteiger partial charge in [-0.25, -0.2) is 4.39 Å². The third-order valence-corrected chi connectivity index (χ3v) is 3.86. The largest absolute Gasteiger partial charge is 0.355 e. The Hall–Kier alpha value is -2.53. The monoisotopic (exact) mass is 311 g/mol. The van der Waals surface area contributed by atoms with E-state index in [1.165, 1.54) is 12.1 Å². The minimum absolute atomic E-state index is 0.0796. The van der Waals surface area contributed by atoms with Gasteiger partial charge in [0.1, 0.15) is 5.82 Å². The molecule has 0 spiro atoms. The van der Waals surface area contributed by atoms with Crippen molar-refractivity contribution in [1.29, 1.82) is 0 Å². The van der Waals surface area contributed by atoms with E-state index in [4.69, 9.17) is 0 Å². The third-order valence-electron chi connectivity index (χ3n) is 3.86. The van der Waals surface area contributed by atoms with Gasteiger partial charge in [-0.15, -0.1) is 0 Å². The topological polar surface area (TPSA) is 57.8 Å². The van der Waals surface area contributed by atoms with Crippen LogP contribution < -0.4 is 10.7 Å². The van der Waals surface area contributed by atoms with E-state index in [-0.39, 0.29) is 17.0 Å². The number of hydrogen-bond acceptors (Lipinski definition) is 3. The Labute approximate surface area is 133 Å². The maximum atomic E-state index is 13.9. The molecule has 4 nitrogen and oxygen atoms in total. The number of nitrogens with one attached hydrogen (secondary N) is 2. The van der Waals surface area contributed by atoms with Gasteiger partial charge in [0, 0.05) is 35.9 Å². The predicted molar refractivity (Wildman–Crippen MR) is 88.6 cm³/mol. The summed E-state index contributed by atoms with van der Waals surface area (Å²) in [5.74, 6) is -0.418. The number of halogens is 1. The number of para-hydroxylation sites is 1. The molecule has 0 aliphatic heterocycles. The van der Waals surface area contributed by atoms with Crippen LogP contribution in [0, 0.1) is 5.82 Å². The van der Waals surface area contributed by atoms with Crippen molar-refractivity contribution >= 4 is 10.9 Å². The molecule has 23 heavy (non-hydrogen) atoms. The number of H-pyrrole nitrogens is 1. The van der Waals surface area contributed by atoms with Crippen LogP contribution in [0.15, 0.2) is 53.5 Å². The maximum absolute atomic E-state index is 13.9. The molecule has 2 N–H and O–H groups in total. The van der Waals surface area contributed by atoms with Crippen LogP contribution in [-0.2, 0) is 6.54 Å². The standard InChI is InChI=1S/C18H18FN3O/c1-2-15(16-8-3-4-9-20-16)21-11-12-10-17(23)13-6-5-7-14(19)18(13)22-12/h3-10,15,21H,2,11H2,1H3,(H,22,23)/t15-/m0/s1. The van der Waals surface area contributed by atoms with Crippen LogP contribution in [0.4, 0.5) is 4.39 Å². The van der Waals surface area contributed by atoms with Crippen LogP contribution >= 0.6 is 0 Å². The van der Waals surface area contributed by atoms with E-state index in [0.29, 0.717) is 17.6 Å². The molecule has 0 unspecified atom stereocenters. The summed E-state index contributed by atoms with van der Waals surface area (Å²) in [5.41, 5.74) is 1.68. The number of aromatic amines is 1. The number of rotatable bonds is 5. The minimum Gasteiger partial charge on any atom is -0.355 e. The second kappa shape index (κ2) is 6.71. The molecule has 118 valence electrons. The smallest absolute Gasteiger partial charge is 0.189 e. The average molecular weight is 311 g/mol. The molecule has 2 heterocycles. The number of aromatic nitrogens is 2. The van der Waals surface area contributed by atoms with E-state index in [1.807, 2.05) is 18.2 Å². The molecule has 3 aromatic rings. The lowest BCUT2D eigenvalue weighted by molar-refractivity contribution is 0.503. The Morgan fingerprint density at radius 2 is 2.13 bits per heavy atom. The number of fused-ring (bicyclic) bond motifs is 1.